The Labute approximate surface area is 495 Å². The second-order valence-electron chi connectivity index (χ2n) is 20.3. The van der Waals surface area contributed by atoms with Gasteiger partial charge < -0.3 is 19.3 Å². The molecule has 0 saturated heterocycles. The Morgan fingerprint density at radius 3 is 0.988 bits per heavy atom. The topological polar surface area (TPSA) is 76.5 Å². The maximum absolute atomic E-state index is 6.68. The molecule has 402 valence electrons. The van der Waals surface area contributed by atoms with Crippen molar-refractivity contribution in [3.05, 3.63) is 277 Å². The van der Waals surface area contributed by atoms with Crippen LogP contribution in [0.5, 0.6) is 11.5 Å². The van der Waals surface area contributed by atoms with Crippen LogP contribution in [0.2, 0.25) is 0 Å². The highest BCUT2D eigenvalue weighted by molar-refractivity contribution is 7.00. The first-order chi connectivity index (χ1) is 41.6. The van der Waals surface area contributed by atoms with Crippen LogP contribution in [-0.2, 0) is 0 Å². The molecule has 2 aromatic heterocycles. The fraction of sp³-hybridized carbons (Fsp3) is 0.0270. The van der Waals surface area contributed by atoms with E-state index in [-0.39, 0.29) is 0 Å². The van der Waals surface area contributed by atoms with Crippen LogP contribution in [0, 0.1) is 0 Å². The Hall–Kier alpha value is -10.5. The zero-order valence-corrected chi connectivity index (χ0v) is 47.5. The first kappa shape index (κ1) is 51.6. The van der Waals surface area contributed by atoms with Crippen molar-refractivity contribution in [2.24, 2.45) is 0 Å². The third kappa shape index (κ3) is 9.68. The van der Waals surface area contributed by atoms with Gasteiger partial charge >= 0.3 is 0 Å². The standard InChI is InChI=1S/C74H52N6O2S2/c1-81-73-65(63-45-39-51(69-71(63)77-83-75-69)37-31-49-33-41-59(42-34-49)79(55-21-7-3-8-22-55)56-23-9-4-10-24-56)47-53-19-15-17-29-61(53)67(73)68-62-30-18-16-20-54(62)48-66(74(68)82-2)64-46-40-52(70-72(64)78-84-76-70)38-32-50-35-43-60(44-36-50)80(57-25-11-5-12-26-57)58-27-13-6-14-28-58/h3-48H,1-2H3/b37-31+,38-32+. The van der Waals surface area contributed by atoms with Crippen molar-refractivity contribution in [1.82, 2.24) is 17.5 Å². The first-order valence-corrected chi connectivity index (χ1v) is 29.1. The van der Waals surface area contributed by atoms with Gasteiger partial charge in [0.1, 0.15) is 33.6 Å². The highest BCUT2D eigenvalue weighted by Crippen LogP contribution is 2.53. The molecule has 8 nitrogen and oxygen atoms in total. The molecule has 10 heteroatoms. The van der Waals surface area contributed by atoms with Gasteiger partial charge in [-0.15, -0.1) is 0 Å². The van der Waals surface area contributed by atoms with Crippen LogP contribution >= 0.6 is 23.5 Å². The molecule has 0 N–H and O–H groups in total. The normalized spacial score (nSPS) is 11.6. The van der Waals surface area contributed by atoms with Gasteiger partial charge in [0.05, 0.1) is 37.7 Å². The van der Waals surface area contributed by atoms with E-state index in [1.807, 2.05) is 24.3 Å². The van der Waals surface area contributed by atoms with E-state index >= 15 is 0 Å². The summed E-state index contributed by atoms with van der Waals surface area (Å²) in [4.78, 5) is 4.53. The molecule has 0 saturated carbocycles. The third-order valence-corrected chi connectivity index (χ3v) is 16.5. The molecule has 0 fully saturated rings. The summed E-state index contributed by atoms with van der Waals surface area (Å²) in [5.41, 5.74) is 19.3. The summed E-state index contributed by atoms with van der Waals surface area (Å²) in [6, 6.07) is 89.1. The number of ether oxygens (including phenoxy) is 2. The lowest BCUT2D eigenvalue weighted by atomic mass is 9.85. The highest BCUT2D eigenvalue weighted by atomic mass is 32.1. The fourth-order valence-corrected chi connectivity index (χ4v) is 12.7. The molecule has 12 aromatic carbocycles. The lowest BCUT2D eigenvalue weighted by Gasteiger charge is -2.25. The van der Waals surface area contributed by atoms with Gasteiger partial charge in [0.25, 0.3) is 0 Å². The van der Waals surface area contributed by atoms with Gasteiger partial charge in [-0.1, -0.05) is 194 Å². The van der Waals surface area contributed by atoms with Crippen LogP contribution in [0.3, 0.4) is 0 Å². The van der Waals surface area contributed by atoms with E-state index in [0.717, 1.165) is 133 Å². The largest absolute Gasteiger partial charge is 0.495 e. The van der Waals surface area contributed by atoms with Crippen molar-refractivity contribution in [3.63, 3.8) is 0 Å². The van der Waals surface area contributed by atoms with Crippen LogP contribution in [0.4, 0.5) is 34.1 Å². The summed E-state index contributed by atoms with van der Waals surface area (Å²) in [5, 5.41) is 4.13. The second kappa shape index (κ2) is 22.8. The van der Waals surface area contributed by atoms with Gasteiger partial charge in [0, 0.05) is 78.6 Å². The van der Waals surface area contributed by atoms with Crippen LogP contribution in [0.15, 0.2) is 255 Å². The van der Waals surface area contributed by atoms with Crippen molar-refractivity contribution in [3.8, 4) is 44.9 Å². The molecule has 2 heterocycles. The average Bonchev–Trinajstić information content (AvgIpc) is 3.62. The number of para-hydroxylation sites is 4. The zero-order chi connectivity index (χ0) is 56.3. The van der Waals surface area contributed by atoms with E-state index in [4.69, 9.17) is 27.0 Å². The minimum absolute atomic E-state index is 0.703. The van der Waals surface area contributed by atoms with Crippen molar-refractivity contribution < 1.29 is 9.47 Å². The van der Waals surface area contributed by atoms with Crippen LogP contribution in [0.1, 0.15) is 22.3 Å². The second-order valence-corrected chi connectivity index (χ2v) is 21.4. The summed E-state index contributed by atoms with van der Waals surface area (Å²) in [5.74, 6) is 1.41. The number of fused-ring (bicyclic) bond motifs is 4. The molecule has 14 rings (SSSR count). The van der Waals surface area contributed by atoms with Crippen LogP contribution in [-0.4, -0.2) is 31.7 Å². The molecular formula is C74H52N6O2S2. The predicted octanol–water partition coefficient (Wildman–Crippen LogP) is 20.3. The Morgan fingerprint density at radius 1 is 0.310 bits per heavy atom. The summed E-state index contributed by atoms with van der Waals surface area (Å²) < 4.78 is 33.1. The van der Waals surface area contributed by atoms with E-state index in [1.165, 1.54) is 23.5 Å². The molecule has 0 atom stereocenters. The number of methoxy groups -OCH3 is 2. The molecule has 0 bridgehead atoms. The van der Waals surface area contributed by atoms with E-state index in [0.29, 0.717) is 11.5 Å². The fourth-order valence-electron chi connectivity index (χ4n) is 11.5. The monoisotopic (exact) mass is 1120 g/mol. The van der Waals surface area contributed by atoms with Crippen molar-refractivity contribution in [2.75, 3.05) is 24.0 Å². The summed E-state index contributed by atoms with van der Waals surface area (Å²) in [7, 11) is 3.51. The van der Waals surface area contributed by atoms with Crippen LogP contribution in [0.25, 0.3) is 101 Å². The van der Waals surface area contributed by atoms with E-state index in [1.54, 1.807) is 14.2 Å². The Kier molecular flexibility index (Phi) is 14.0. The molecule has 0 aliphatic rings. The molecule has 14 aromatic rings. The van der Waals surface area contributed by atoms with Gasteiger partial charge in [-0.25, -0.2) is 0 Å². The lowest BCUT2D eigenvalue weighted by molar-refractivity contribution is 0.413. The smallest absolute Gasteiger partial charge is 0.135 e. The zero-order valence-electron chi connectivity index (χ0n) is 45.9. The first-order valence-electron chi connectivity index (χ1n) is 27.7. The van der Waals surface area contributed by atoms with E-state index in [2.05, 4.69) is 265 Å². The number of hydrogen-bond donors (Lipinski definition) is 0. The van der Waals surface area contributed by atoms with Gasteiger partial charge in [0.15, 0.2) is 0 Å². The minimum Gasteiger partial charge on any atom is -0.495 e. The Balaban J connectivity index is 0.826. The summed E-state index contributed by atoms with van der Waals surface area (Å²) in [6.45, 7) is 0. The van der Waals surface area contributed by atoms with E-state index < -0.39 is 0 Å². The number of hydrogen-bond acceptors (Lipinski definition) is 10. The van der Waals surface area contributed by atoms with Gasteiger partial charge in [-0.3, -0.25) is 0 Å². The molecule has 0 unspecified atom stereocenters. The number of aromatic nitrogens is 4. The Bertz CT molecular complexity index is 4360. The van der Waals surface area contributed by atoms with Gasteiger partial charge in [0.2, 0.25) is 0 Å². The maximum Gasteiger partial charge on any atom is 0.135 e. The van der Waals surface area contributed by atoms with Crippen molar-refractivity contribution in [2.45, 2.75) is 0 Å². The number of rotatable bonds is 15. The molecule has 0 radical (unpaired) electrons. The van der Waals surface area contributed by atoms with Crippen LogP contribution < -0.4 is 19.3 Å². The third-order valence-electron chi connectivity index (χ3n) is 15.4. The number of anilines is 6. The average molecular weight is 1120 g/mol. The Morgan fingerprint density at radius 2 is 0.631 bits per heavy atom. The molecule has 0 aliphatic carbocycles. The summed E-state index contributed by atoms with van der Waals surface area (Å²) >= 11 is 2.42. The van der Waals surface area contributed by atoms with Gasteiger partial charge in [-0.05, 0) is 118 Å². The maximum atomic E-state index is 6.68. The SMILES string of the molecule is COc1c(-c2ccc(/C=C/c3ccc(N(c4ccccc4)c4ccccc4)cc3)c3nsnc23)cc2ccccc2c1-c1c(OC)c(-c2ccc(/C=C/c3ccc(N(c4ccccc4)c4ccccc4)cc3)c3nsnc23)cc2ccccc12. The van der Waals surface area contributed by atoms with Gasteiger partial charge in [-0.2, -0.15) is 17.5 Å². The molecule has 84 heavy (non-hydrogen) atoms. The molecule has 0 amide bonds. The minimum atomic E-state index is 0.703. The lowest BCUT2D eigenvalue weighted by Crippen LogP contribution is -2.09. The quantitative estimate of drug-likeness (QED) is 0.0940. The highest BCUT2D eigenvalue weighted by Gasteiger charge is 2.27. The predicted molar refractivity (Wildman–Crippen MR) is 353 cm³/mol. The molecule has 0 aliphatic heterocycles. The summed E-state index contributed by atoms with van der Waals surface area (Å²) in [6.07, 6.45) is 8.53. The van der Waals surface area contributed by atoms with Crippen molar-refractivity contribution >= 4 is 125 Å². The van der Waals surface area contributed by atoms with Crippen molar-refractivity contribution in [1.29, 1.82) is 0 Å². The molecule has 0 spiro atoms. The number of benzene rings is 12. The number of nitrogens with zero attached hydrogens (tertiary/aromatic N) is 6. The van der Waals surface area contributed by atoms with E-state index in [9.17, 15) is 0 Å². The molecular weight excluding hydrogens is 1070 g/mol.